The van der Waals surface area contributed by atoms with Gasteiger partial charge in [-0.1, -0.05) is 0 Å². The maximum absolute atomic E-state index is 12.9. The third-order valence-corrected chi connectivity index (χ3v) is 3.92. The second kappa shape index (κ2) is 7.39. The molecule has 1 fully saturated rings. The van der Waals surface area contributed by atoms with Crippen molar-refractivity contribution in [1.82, 2.24) is 4.90 Å². The quantitative estimate of drug-likeness (QED) is 0.593. The largest absolute Gasteiger partial charge is 0.466 e. The van der Waals surface area contributed by atoms with Crippen LogP contribution < -0.4 is 0 Å². The van der Waals surface area contributed by atoms with E-state index in [1.165, 1.54) is 30.4 Å². The molecule has 7 nitrogen and oxygen atoms in total. The molecule has 7 heteroatoms. The van der Waals surface area contributed by atoms with Gasteiger partial charge in [0.05, 0.1) is 19.1 Å². The zero-order chi connectivity index (χ0) is 18.8. The lowest BCUT2D eigenvalue weighted by Crippen LogP contribution is -2.36. The highest BCUT2D eigenvalue weighted by Crippen LogP contribution is 2.34. The van der Waals surface area contributed by atoms with Crippen molar-refractivity contribution in [3.05, 3.63) is 23.9 Å². The SMILES string of the molecule is COC(=O)C1=CC(O)CC1C(=O)N(C=CC(=O)OC(C)(C)C)C1CC1. The lowest BCUT2D eigenvalue weighted by molar-refractivity contribution is -0.148. The first-order chi connectivity index (χ1) is 11.6. The molecule has 0 spiro atoms. The fourth-order valence-corrected chi connectivity index (χ4v) is 2.71. The van der Waals surface area contributed by atoms with Gasteiger partial charge in [0.15, 0.2) is 0 Å². The first kappa shape index (κ1) is 19.2. The van der Waals surface area contributed by atoms with E-state index in [0.717, 1.165) is 12.8 Å². The molecule has 2 unspecified atom stereocenters. The molecule has 0 aromatic rings. The average molecular weight is 351 g/mol. The number of esters is 2. The number of aliphatic hydroxyl groups is 1. The number of methoxy groups -OCH3 is 1. The first-order valence-electron chi connectivity index (χ1n) is 8.34. The highest BCUT2D eigenvalue weighted by atomic mass is 16.6. The number of ether oxygens (including phenoxy) is 2. The Morgan fingerprint density at radius 3 is 2.44 bits per heavy atom. The topological polar surface area (TPSA) is 93.1 Å². The van der Waals surface area contributed by atoms with E-state index >= 15 is 0 Å². The Balaban J connectivity index is 2.12. The predicted octanol–water partition coefficient (Wildman–Crippen LogP) is 1.31. The molecule has 0 radical (unpaired) electrons. The van der Waals surface area contributed by atoms with Crippen LogP contribution in [0.15, 0.2) is 23.9 Å². The Bertz CT molecular complexity index is 612. The molecule has 0 aromatic carbocycles. The third-order valence-electron chi connectivity index (χ3n) is 3.92. The summed E-state index contributed by atoms with van der Waals surface area (Å²) < 4.78 is 9.89. The van der Waals surface area contributed by atoms with E-state index in [0.29, 0.717) is 0 Å². The lowest BCUT2D eigenvalue weighted by atomic mass is 9.99. The molecule has 0 saturated heterocycles. The zero-order valence-corrected chi connectivity index (χ0v) is 15.0. The molecule has 138 valence electrons. The monoisotopic (exact) mass is 351 g/mol. The third kappa shape index (κ3) is 5.16. The molecule has 0 heterocycles. The molecule has 0 bridgehead atoms. The van der Waals surface area contributed by atoms with Crippen molar-refractivity contribution in [2.45, 2.75) is 57.8 Å². The number of nitrogens with zero attached hydrogens (tertiary/aromatic N) is 1. The predicted molar refractivity (Wildman–Crippen MR) is 89.1 cm³/mol. The fourth-order valence-electron chi connectivity index (χ4n) is 2.71. The Morgan fingerprint density at radius 2 is 1.92 bits per heavy atom. The van der Waals surface area contributed by atoms with E-state index in [1.807, 2.05) is 0 Å². The zero-order valence-electron chi connectivity index (χ0n) is 15.0. The van der Waals surface area contributed by atoms with Gasteiger partial charge in [0, 0.05) is 23.9 Å². The fraction of sp³-hybridized carbons (Fsp3) is 0.611. The Labute approximate surface area is 147 Å². The van der Waals surface area contributed by atoms with E-state index in [2.05, 4.69) is 0 Å². The van der Waals surface area contributed by atoms with E-state index in [-0.39, 0.29) is 23.9 Å². The second-order valence-electron chi connectivity index (χ2n) is 7.30. The van der Waals surface area contributed by atoms with Crippen LogP contribution in [0, 0.1) is 5.92 Å². The maximum atomic E-state index is 12.9. The molecule has 0 aromatic heterocycles. The summed E-state index contributed by atoms with van der Waals surface area (Å²) in [7, 11) is 1.23. The first-order valence-corrected chi connectivity index (χ1v) is 8.34. The minimum absolute atomic E-state index is 0.00262. The van der Waals surface area contributed by atoms with Crippen molar-refractivity contribution in [2.24, 2.45) is 5.92 Å². The molecule has 25 heavy (non-hydrogen) atoms. The molecule has 1 saturated carbocycles. The average Bonchev–Trinajstić information content (AvgIpc) is 3.26. The van der Waals surface area contributed by atoms with E-state index in [1.54, 1.807) is 20.8 Å². The number of rotatable bonds is 5. The van der Waals surface area contributed by atoms with Gasteiger partial charge in [0.25, 0.3) is 0 Å². The van der Waals surface area contributed by atoms with Gasteiger partial charge in [-0.3, -0.25) is 4.79 Å². The minimum Gasteiger partial charge on any atom is -0.466 e. The molecule has 0 aliphatic heterocycles. The van der Waals surface area contributed by atoms with Gasteiger partial charge in [-0.25, -0.2) is 9.59 Å². The molecule has 1 amide bonds. The van der Waals surface area contributed by atoms with Crippen LogP contribution in [0.5, 0.6) is 0 Å². The van der Waals surface area contributed by atoms with Crippen LogP contribution in [0.4, 0.5) is 0 Å². The molecule has 2 aliphatic rings. The Hall–Kier alpha value is -2.15. The smallest absolute Gasteiger partial charge is 0.334 e. The highest BCUT2D eigenvalue weighted by molar-refractivity contribution is 5.98. The van der Waals surface area contributed by atoms with Crippen molar-refractivity contribution in [3.63, 3.8) is 0 Å². The summed E-state index contributed by atoms with van der Waals surface area (Å²) in [5.41, 5.74) is -0.456. The summed E-state index contributed by atoms with van der Waals surface area (Å²) in [5, 5.41) is 9.80. The van der Waals surface area contributed by atoms with Crippen molar-refractivity contribution in [1.29, 1.82) is 0 Å². The summed E-state index contributed by atoms with van der Waals surface area (Å²) >= 11 is 0. The molecule has 2 aliphatic carbocycles. The Kier molecular flexibility index (Phi) is 5.67. The van der Waals surface area contributed by atoms with Crippen molar-refractivity contribution >= 4 is 17.8 Å². The van der Waals surface area contributed by atoms with Gasteiger partial charge in [0.2, 0.25) is 5.91 Å². The number of hydrogen-bond donors (Lipinski definition) is 1. The van der Waals surface area contributed by atoms with Crippen molar-refractivity contribution in [3.8, 4) is 0 Å². The van der Waals surface area contributed by atoms with Gasteiger partial charge < -0.3 is 19.5 Å². The standard InChI is InChI=1S/C18H25NO6/c1-18(2,3)25-15(21)7-8-19(11-5-6-11)16(22)13-9-12(20)10-14(13)17(23)24-4/h7-8,10-13,20H,5-6,9H2,1-4H3. The highest BCUT2D eigenvalue weighted by Gasteiger charge is 2.41. The summed E-state index contributed by atoms with van der Waals surface area (Å²) in [5.74, 6) is -2.26. The van der Waals surface area contributed by atoms with Crippen LogP contribution in [0.25, 0.3) is 0 Å². The van der Waals surface area contributed by atoms with Gasteiger partial charge in [-0.15, -0.1) is 0 Å². The van der Waals surface area contributed by atoms with Gasteiger partial charge in [-0.2, -0.15) is 0 Å². The summed E-state index contributed by atoms with van der Waals surface area (Å²) in [4.78, 5) is 38.0. The van der Waals surface area contributed by atoms with E-state index in [4.69, 9.17) is 9.47 Å². The summed E-state index contributed by atoms with van der Waals surface area (Å²) in [6.07, 6.45) is 4.92. The number of carbonyl (C=O) groups is 3. The number of aliphatic hydroxyl groups excluding tert-OH is 1. The van der Waals surface area contributed by atoms with Gasteiger partial charge >= 0.3 is 11.9 Å². The summed E-state index contributed by atoms with van der Waals surface area (Å²) in [6.45, 7) is 5.28. The molecular weight excluding hydrogens is 326 g/mol. The Morgan fingerprint density at radius 1 is 1.28 bits per heavy atom. The van der Waals surface area contributed by atoms with Crippen molar-refractivity contribution in [2.75, 3.05) is 7.11 Å². The lowest BCUT2D eigenvalue weighted by Gasteiger charge is -2.23. The van der Waals surface area contributed by atoms with Crippen molar-refractivity contribution < 1.29 is 29.0 Å². The van der Waals surface area contributed by atoms with Crippen LogP contribution in [0.2, 0.25) is 0 Å². The number of hydrogen-bond acceptors (Lipinski definition) is 6. The second-order valence-corrected chi connectivity index (χ2v) is 7.30. The normalized spacial score (nSPS) is 23.3. The maximum Gasteiger partial charge on any atom is 0.334 e. The molecule has 1 N–H and O–H groups in total. The minimum atomic E-state index is -0.862. The van der Waals surface area contributed by atoms with Crippen LogP contribution in [0.3, 0.4) is 0 Å². The van der Waals surface area contributed by atoms with Crippen LogP contribution in [-0.2, 0) is 23.9 Å². The van der Waals surface area contributed by atoms with E-state index < -0.39 is 29.6 Å². The van der Waals surface area contributed by atoms with Crippen LogP contribution in [-0.4, -0.2) is 52.7 Å². The molecular formula is C18H25NO6. The van der Waals surface area contributed by atoms with Gasteiger partial charge in [0.1, 0.15) is 5.60 Å². The molecule has 2 rings (SSSR count). The number of amides is 1. The van der Waals surface area contributed by atoms with Crippen LogP contribution >= 0.6 is 0 Å². The van der Waals surface area contributed by atoms with E-state index in [9.17, 15) is 19.5 Å². The number of carbonyl (C=O) groups excluding carboxylic acids is 3. The molecule has 2 atom stereocenters. The van der Waals surface area contributed by atoms with Crippen LogP contribution in [0.1, 0.15) is 40.0 Å². The summed E-state index contributed by atoms with van der Waals surface area (Å²) in [6, 6.07) is 0.00262. The van der Waals surface area contributed by atoms with Gasteiger partial charge in [-0.05, 0) is 46.1 Å².